The van der Waals surface area contributed by atoms with Crippen molar-refractivity contribution in [3.05, 3.63) is 54.0 Å². The Bertz CT molecular complexity index is 783. The molecule has 0 aliphatic carbocycles. The zero-order valence-electron chi connectivity index (χ0n) is 12.7. The van der Waals surface area contributed by atoms with Gasteiger partial charge in [0, 0.05) is 13.0 Å². The van der Waals surface area contributed by atoms with Crippen LogP contribution in [0.3, 0.4) is 0 Å². The van der Waals surface area contributed by atoms with Crippen LogP contribution in [-0.2, 0) is 22.6 Å². The number of sulfonamides is 1. The average molecular weight is 363 g/mol. The maximum Gasteiger partial charge on any atom is 0.416 e. The molecule has 0 aliphatic heterocycles. The first-order chi connectivity index (χ1) is 11.0. The van der Waals surface area contributed by atoms with E-state index >= 15 is 0 Å². The van der Waals surface area contributed by atoms with E-state index in [2.05, 4.69) is 4.72 Å². The molecule has 0 amide bonds. The second-order valence-electron chi connectivity index (χ2n) is 5.60. The standard InChI is InChI=1S/C15H16F3NO4S/c1-14(20,9-12-5-3-7-23-12)10-19-24(21,22)13-6-2-4-11(8-13)15(16,17)18/h2-8,19-20H,9-10H2,1H3/t14-/m0/s1. The molecule has 0 saturated heterocycles. The fourth-order valence-electron chi connectivity index (χ4n) is 2.02. The molecule has 2 N–H and O–H groups in total. The van der Waals surface area contributed by atoms with Gasteiger partial charge in [-0.3, -0.25) is 0 Å². The molecule has 0 spiro atoms. The molecule has 0 saturated carbocycles. The van der Waals surface area contributed by atoms with Gasteiger partial charge >= 0.3 is 6.18 Å². The van der Waals surface area contributed by atoms with Crippen LogP contribution in [0.4, 0.5) is 13.2 Å². The molecule has 1 aromatic heterocycles. The fraction of sp³-hybridized carbons (Fsp3) is 0.333. The smallest absolute Gasteiger partial charge is 0.416 e. The topological polar surface area (TPSA) is 79.5 Å². The maximum absolute atomic E-state index is 12.7. The van der Waals surface area contributed by atoms with Gasteiger partial charge < -0.3 is 9.52 Å². The number of hydrogen-bond acceptors (Lipinski definition) is 4. The Labute approximate surface area is 137 Å². The van der Waals surface area contributed by atoms with Crippen molar-refractivity contribution in [2.24, 2.45) is 0 Å². The number of benzene rings is 1. The van der Waals surface area contributed by atoms with Crippen molar-refractivity contribution in [2.45, 2.75) is 30.0 Å². The van der Waals surface area contributed by atoms with Gasteiger partial charge in [-0.2, -0.15) is 13.2 Å². The molecule has 1 aromatic carbocycles. The number of alkyl halides is 3. The molecular formula is C15H16F3NO4S. The summed E-state index contributed by atoms with van der Waals surface area (Å²) >= 11 is 0. The molecule has 2 rings (SSSR count). The lowest BCUT2D eigenvalue weighted by Gasteiger charge is -2.22. The summed E-state index contributed by atoms with van der Waals surface area (Å²) in [6, 6.07) is 6.64. The molecule has 0 aliphatic rings. The van der Waals surface area contributed by atoms with E-state index in [4.69, 9.17) is 4.42 Å². The Morgan fingerprint density at radius 1 is 1.21 bits per heavy atom. The van der Waals surface area contributed by atoms with Crippen LogP contribution in [0.5, 0.6) is 0 Å². The summed E-state index contributed by atoms with van der Waals surface area (Å²) in [6.07, 6.45) is -3.18. The van der Waals surface area contributed by atoms with Gasteiger partial charge in [0.05, 0.1) is 22.3 Å². The SMILES string of the molecule is C[C@@](O)(CNS(=O)(=O)c1cccc(C(F)(F)F)c1)Cc1ccco1. The van der Waals surface area contributed by atoms with Crippen molar-refractivity contribution in [3.8, 4) is 0 Å². The van der Waals surface area contributed by atoms with Gasteiger partial charge in [-0.1, -0.05) is 6.07 Å². The second-order valence-corrected chi connectivity index (χ2v) is 7.37. The van der Waals surface area contributed by atoms with Gasteiger partial charge in [0.2, 0.25) is 10.0 Å². The quantitative estimate of drug-likeness (QED) is 0.827. The van der Waals surface area contributed by atoms with Crippen LogP contribution in [0.1, 0.15) is 18.2 Å². The summed E-state index contributed by atoms with van der Waals surface area (Å²) in [5.74, 6) is 0.457. The van der Waals surface area contributed by atoms with Crippen molar-refractivity contribution >= 4 is 10.0 Å². The first kappa shape index (κ1) is 18.5. The summed E-state index contributed by atoms with van der Waals surface area (Å²) in [5.41, 5.74) is -2.53. The average Bonchev–Trinajstić information content (AvgIpc) is 2.97. The van der Waals surface area contributed by atoms with Gasteiger partial charge in [-0.05, 0) is 37.3 Å². The third kappa shape index (κ3) is 4.83. The Balaban J connectivity index is 2.11. The van der Waals surface area contributed by atoms with Crippen LogP contribution in [0.15, 0.2) is 52.0 Å². The third-order valence-corrected chi connectivity index (χ3v) is 4.65. The van der Waals surface area contributed by atoms with Crippen LogP contribution in [0.2, 0.25) is 0 Å². The van der Waals surface area contributed by atoms with Gasteiger partial charge in [0.1, 0.15) is 5.76 Å². The first-order valence-electron chi connectivity index (χ1n) is 6.91. The van der Waals surface area contributed by atoms with Gasteiger partial charge in [-0.25, -0.2) is 13.1 Å². The van der Waals surface area contributed by atoms with Crippen molar-refractivity contribution in [2.75, 3.05) is 6.54 Å². The lowest BCUT2D eigenvalue weighted by atomic mass is 10.0. The molecule has 9 heteroatoms. The fourth-order valence-corrected chi connectivity index (χ4v) is 3.23. The molecule has 0 bridgehead atoms. The summed E-state index contributed by atoms with van der Waals surface area (Å²) in [5, 5.41) is 10.2. The molecule has 2 aromatic rings. The number of aliphatic hydroxyl groups is 1. The van der Waals surface area contributed by atoms with E-state index in [0.717, 1.165) is 18.2 Å². The van der Waals surface area contributed by atoms with Crippen LogP contribution in [-0.4, -0.2) is 25.7 Å². The van der Waals surface area contributed by atoms with Crippen LogP contribution in [0, 0.1) is 0 Å². The molecule has 0 fully saturated rings. The summed E-state index contributed by atoms with van der Waals surface area (Å²) in [7, 11) is -4.20. The van der Waals surface area contributed by atoms with Crippen molar-refractivity contribution in [1.82, 2.24) is 4.72 Å². The minimum absolute atomic E-state index is 0.0467. The second kappa shape index (κ2) is 6.58. The van der Waals surface area contributed by atoms with E-state index in [0.29, 0.717) is 11.8 Å². The van der Waals surface area contributed by atoms with Gasteiger partial charge in [0.15, 0.2) is 0 Å². The molecule has 1 atom stereocenters. The lowest BCUT2D eigenvalue weighted by Crippen LogP contribution is -2.42. The van der Waals surface area contributed by atoms with Crippen LogP contribution in [0.25, 0.3) is 0 Å². The number of nitrogens with one attached hydrogen (secondary N) is 1. The maximum atomic E-state index is 12.7. The van der Waals surface area contributed by atoms with E-state index < -0.39 is 32.3 Å². The highest BCUT2D eigenvalue weighted by molar-refractivity contribution is 7.89. The predicted molar refractivity (Wildman–Crippen MR) is 79.7 cm³/mol. The van der Waals surface area contributed by atoms with Gasteiger partial charge in [0.25, 0.3) is 0 Å². The number of rotatable bonds is 6. The van der Waals surface area contributed by atoms with Gasteiger partial charge in [-0.15, -0.1) is 0 Å². The monoisotopic (exact) mass is 363 g/mol. The Morgan fingerprint density at radius 2 is 1.92 bits per heavy atom. The van der Waals surface area contributed by atoms with Crippen molar-refractivity contribution in [1.29, 1.82) is 0 Å². The third-order valence-electron chi connectivity index (χ3n) is 3.25. The zero-order chi connectivity index (χ0) is 18.0. The van der Waals surface area contributed by atoms with E-state index in [1.807, 2.05) is 0 Å². The zero-order valence-corrected chi connectivity index (χ0v) is 13.5. The van der Waals surface area contributed by atoms with Crippen molar-refractivity contribution < 1.29 is 31.1 Å². The Hall–Kier alpha value is -1.84. The number of furan rings is 1. The molecule has 1 heterocycles. The number of hydrogen-bond donors (Lipinski definition) is 2. The summed E-state index contributed by atoms with van der Waals surface area (Å²) in [4.78, 5) is -0.522. The minimum atomic E-state index is -4.64. The van der Waals surface area contributed by atoms with E-state index in [9.17, 15) is 26.7 Å². The molecular weight excluding hydrogens is 347 g/mol. The molecule has 24 heavy (non-hydrogen) atoms. The molecule has 0 unspecified atom stereocenters. The van der Waals surface area contributed by atoms with Crippen LogP contribution < -0.4 is 4.72 Å². The van der Waals surface area contributed by atoms with E-state index in [1.165, 1.54) is 13.2 Å². The first-order valence-corrected chi connectivity index (χ1v) is 8.40. The largest absolute Gasteiger partial charge is 0.469 e. The van der Waals surface area contributed by atoms with E-state index in [1.54, 1.807) is 12.1 Å². The number of halogens is 3. The minimum Gasteiger partial charge on any atom is -0.469 e. The Morgan fingerprint density at radius 3 is 2.50 bits per heavy atom. The van der Waals surface area contributed by atoms with Crippen LogP contribution >= 0.6 is 0 Å². The highest BCUT2D eigenvalue weighted by Crippen LogP contribution is 2.30. The Kier molecular flexibility index (Phi) is 5.07. The molecule has 0 radical (unpaired) electrons. The predicted octanol–water partition coefficient (Wildman–Crippen LogP) is 2.57. The lowest BCUT2D eigenvalue weighted by molar-refractivity contribution is -0.137. The molecule has 132 valence electrons. The highest BCUT2D eigenvalue weighted by atomic mass is 32.2. The highest BCUT2D eigenvalue weighted by Gasteiger charge is 2.32. The summed E-state index contributed by atoms with van der Waals surface area (Å²) < 4.78 is 69.5. The molecule has 5 nitrogen and oxygen atoms in total. The normalized spacial score (nSPS) is 15.2. The van der Waals surface area contributed by atoms with Crippen molar-refractivity contribution in [3.63, 3.8) is 0 Å². The summed E-state index contributed by atoms with van der Waals surface area (Å²) in [6.45, 7) is 1.01. The van der Waals surface area contributed by atoms with E-state index in [-0.39, 0.29) is 13.0 Å².